The maximum atomic E-state index is 12.8. The van der Waals surface area contributed by atoms with E-state index in [2.05, 4.69) is 28.5 Å². The predicted molar refractivity (Wildman–Crippen MR) is 114 cm³/mol. The largest absolute Gasteiger partial charge is 0.380 e. The summed E-state index contributed by atoms with van der Waals surface area (Å²) in [6.07, 6.45) is 3.72. The number of hydrogen-bond donors (Lipinski definition) is 1. The smallest absolute Gasteiger partial charge is 0.251 e. The molecule has 0 bridgehead atoms. The van der Waals surface area contributed by atoms with Gasteiger partial charge in [-0.25, -0.2) is 4.98 Å². The minimum atomic E-state index is -0.108. The lowest BCUT2D eigenvalue weighted by atomic mass is 10.0. The molecule has 0 saturated heterocycles. The highest BCUT2D eigenvalue weighted by molar-refractivity contribution is 5.95. The van der Waals surface area contributed by atoms with Crippen molar-refractivity contribution in [1.29, 1.82) is 0 Å². The number of carbonyl (C=O) groups excluding carboxylic acids is 1. The average molecular weight is 385 g/mol. The monoisotopic (exact) mass is 385 g/mol. The Morgan fingerprint density at radius 3 is 2.69 bits per heavy atom. The van der Waals surface area contributed by atoms with Crippen LogP contribution in [-0.2, 0) is 17.9 Å². The number of aromatic nitrogens is 2. The van der Waals surface area contributed by atoms with Crippen molar-refractivity contribution in [3.63, 3.8) is 0 Å². The van der Waals surface area contributed by atoms with Gasteiger partial charge in [0.1, 0.15) is 0 Å². The molecule has 0 radical (unpaired) electrons. The van der Waals surface area contributed by atoms with Crippen LogP contribution in [0.15, 0.2) is 73.2 Å². The first kappa shape index (κ1) is 18.9. The first-order valence-electron chi connectivity index (χ1n) is 9.53. The summed E-state index contributed by atoms with van der Waals surface area (Å²) < 4.78 is 7.29. The van der Waals surface area contributed by atoms with Crippen LogP contribution in [0, 0.1) is 6.92 Å². The van der Waals surface area contributed by atoms with Crippen molar-refractivity contribution >= 4 is 16.7 Å². The lowest BCUT2D eigenvalue weighted by molar-refractivity contribution is 0.0950. The molecule has 3 aromatic carbocycles. The van der Waals surface area contributed by atoms with Crippen molar-refractivity contribution in [1.82, 2.24) is 14.9 Å². The van der Waals surface area contributed by atoms with Crippen LogP contribution < -0.4 is 5.32 Å². The molecule has 0 atom stereocenters. The molecule has 1 heterocycles. The number of hydrogen-bond acceptors (Lipinski definition) is 3. The Hall–Kier alpha value is -3.44. The number of methoxy groups -OCH3 is 1. The molecule has 0 saturated carbocycles. The molecule has 0 fully saturated rings. The molecule has 0 aliphatic rings. The molecule has 5 nitrogen and oxygen atoms in total. The summed E-state index contributed by atoms with van der Waals surface area (Å²) in [5, 5.41) is 5.36. The van der Waals surface area contributed by atoms with Crippen molar-refractivity contribution < 1.29 is 9.53 Å². The van der Waals surface area contributed by atoms with Crippen molar-refractivity contribution in [2.24, 2.45) is 0 Å². The number of benzene rings is 3. The molecule has 4 aromatic rings. The summed E-state index contributed by atoms with van der Waals surface area (Å²) >= 11 is 0. The number of fused-ring (bicyclic) bond motifs is 1. The van der Waals surface area contributed by atoms with Crippen molar-refractivity contribution in [2.75, 3.05) is 7.11 Å². The Morgan fingerprint density at radius 2 is 1.90 bits per heavy atom. The second kappa shape index (κ2) is 8.29. The number of nitrogens with zero attached hydrogens (tertiary/aromatic N) is 2. The highest BCUT2D eigenvalue weighted by atomic mass is 16.5. The van der Waals surface area contributed by atoms with Crippen molar-refractivity contribution in [2.45, 2.75) is 20.1 Å². The normalized spacial score (nSPS) is 11.0. The second-order valence-corrected chi connectivity index (χ2v) is 7.02. The fraction of sp³-hybridized carbons (Fsp3) is 0.167. The van der Waals surface area contributed by atoms with Crippen LogP contribution in [0.25, 0.3) is 16.5 Å². The Balaban J connectivity index is 1.56. The van der Waals surface area contributed by atoms with E-state index < -0.39 is 0 Å². The number of imidazole rings is 1. The van der Waals surface area contributed by atoms with Crippen LogP contribution in [0.1, 0.15) is 27.2 Å². The van der Waals surface area contributed by atoms with Gasteiger partial charge in [0.05, 0.1) is 24.3 Å². The Kier molecular flexibility index (Phi) is 5.40. The fourth-order valence-electron chi connectivity index (χ4n) is 3.53. The minimum absolute atomic E-state index is 0.108. The molecule has 1 aromatic heterocycles. The maximum Gasteiger partial charge on any atom is 0.251 e. The van der Waals surface area contributed by atoms with Crippen molar-refractivity contribution in [3.8, 4) is 5.69 Å². The van der Waals surface area contributed by atoms with E-state index in [0.29, 0.717) is 18.7 Å². The Labute approximate surface area is 170 Å². The second-order valence-electron chi connectivity index (χ2n) is 7.02. The minimum Gasteiger partial charge on any atom is -0.380 e. The third kappa shape index (κ3) is 4.05. The summed E-state index contributed by atoms with van der Waals surface area (Å²) in [7, 11) is 1.65. The standard InChI is InChI=1S/C24H23N3O2/c1-17-14-27(16-26-17)23-11-10-19(12-21(23)15-29-2)24(28)25-13-20-8-5-7-18-6-3-4-9-22(18)20/h3-12,14,16H,13,15H2,1-2H3,(H,25,28). The molecule has 29 heavy (non-hydrogen) atoms. The van der Waals surface area contributed by atoms with Gasteiger partial charge in [-0.15, -0.1) is 0 Å². The number of nitrogens with one attached hydrogen (secondary N) is 1. The summed E-state index contributed by atoms with van der Waals surface area (Å²) in [5.41, 5.74) is 4.53. The van der Waals surface area contributed by atoms with Gasteiger partial charge < -0.3 is 14.6 Å². The van der Waals surface area contributed by atoms with E-state index >= 15 is 0 Å². The molecule has 1 N–H and O–H groups in total. The summed E-state index contributed by atoms with van der Waals surface area (Å²) in [5.74, 6) is -0.108. The number of carbonyl (C=O) groups is 1. The third-order valence-corrected chi connectivity index (χ3v) is 4.95. The van der Waals surface area contributed by atoms with Gasteiger partial charge in [-0.3, -0.25) is 4.79 Å². The van der Waals surface area contributed by atoms with Gasteiger partial charge in [0, 0.05) is 31.0 Å². The van der Waals surface area contributed by atoms with Gasteiger partial charge in [-0.05, 0) is 41.5 Å². The molecule has 0 aliphatic heterocycles. The zero-order valence-electron chi connectivity index (χ0n) is 16.6. The topological polar surface area (TPSA) is 56.1 Å². The van der Waals surface area contributed by atoms with E-state index in [4.69, 9.17) is 4.74 Å². The molecule has 0 aliphatic carbocycles. The lowest BCUT2D eigenvalue weighted by Gasteiger charge is -2.13. The quantitative estimate of drug-likeness (QED) is 0.535. The van der Waals surface area contributed by atoms with Gasteiger partial charge in [0.25, 0.3) is 5.91 Å². The first-order chi connectivity index (χ1) is 14.2. The maximum absolute atomic E-state index is 12.8. The van der Waals surface area contributed by atoms with Crippen LogP contribution in [0.2, 0.25) is 0 Å². The zero-order chi connectivity index (χ0) is 20.2. The summed E-state index contributed by atoms with van der Waals surface area (Å²) in [4.78, 5) is 17.1. The molecule has 0 unspecified atom stereocenters. The van der Waals surface area contributed by atoms with Crippen LogP contribution in [0.3, 0.4) is 0 Å². The van der Waals surface area contributed by atoms with E-state index in [9.17, 15) is 4.79 Å². The van der Waals surface area contributed by atoms with E-state index in [-0.39, 0.29) is 5.91 Å². The van der Waals surface area contributed by atoms with Crippen LogP contribution >= 0.6 is 0 Å². The van der Waals surface area contributed by atoms with E-state index in [0.717, 1.165) is 27.9 Å². The van der Waals surface area contributed by atoms with Crippen LogP contribution in [0.5, 0.6) is 0 Å². The Bertz CT molecular complexity index is 1160. The van der Waals surface area contributed by atoms with E-state index in [1.165, 1.54) is 5.39 Å². The summed E-state index contributed by atoms with van der Waals surface area (Å²) in [6, 6.07) is 20.0. The zero-order valence-corrected chi connectivity index (χ0v) is 16.6. The van der Waals surface area contributed by atoms with Gasteiger partial charge in [-0.2, -0.15) is 0 Å². The average Bonchev–Trinajstić information content (AvgIpc) is 3.18. The first-order valence-corrected chi connectivity index (χ1v) is 9.53. The SMILES string of the molecule is COCc1cc(C(=O)NCc2cccc3ccccc23)ccc1-n1cnc(C)c1. The molecule has 0 spiro atoms. The van der Waals surface area contributed by atoms with Gasteiger partial charge in [0.15, 0.2) is 0 Å². The van der Waals surface area contributed by atoms with E-state index in [1.807, 2.05) is 60.2 Å². The number of aryl methyl sites for hydroxylation is 1. The number of ether oxygens (including phenoxy) is 1. The molecule has 4 rings (SSSR count). The lowest BCUT2D eigenvalue weighted by Crippen LogP contribution is -2.23. The number of rotatable bonds is 6. The summed E-state index contributed by atoms with van der Waals surface area (Å²) in [6.45, 7) is 2.83. The van der Waals surface area contributed by atoms with Gasteiger partial charge in [0.2, 0.25) is 0 Å². The van der Waals surface area contributed by atoms with Gasteiger partial charge in [-0.1, -0.05) is 42.5 Å². The fourth-order valence-corrected chi connectivity index (χ4v) is 3.53. The molecule has 5 heteroatoms. The van der Waals surface area contributed by atoms with Crippen LogP contribution in [-0.4, -0.2) is 22.6 Å². The molecular formula is C24H23N3O2. The highest BCUT2D eigenvalue weighted by Gasteiger charge is 2.12. The predicted octanol–water partition coefficient (Wildman–Crippen LogP) is 4.41. The third-order valence-electron chi connectivity index (χ3n) is 4.95. The van der Waals surface area contributed by atoms with Gasteiger partial charge >= 0.3 is 0 Å². The van der Waals surface area contributed by atoms with E-state index in [1.54, 1.807) is 13.4 Å². The Morgan fingerprint density at radius 1 is 1.07 bits per heavy atom. The molecular weight excluding hydrogens is 362 g/mol. The molecule has 1 amide bonds. The number of amides is 1. The highest BCUT2D eigenvalue weighted by Crippen LogP contribution is 2.20. The van der Waals surface area contributed by atoms with Crippen LogP contribution in [0.4, 0.5) is 0 Å². The molecule has 146 valence electrons. The van der Waals surface area contributed by atoms with Crippen molar-refractivity contribution in [3.05, 3.63) is 95.6 Å².